The fraction of sp³-hybridized carbons (Fsp3) is 0.296. The summed E-state index contributed by atoms with van der Waals surface area (Å²) in [7, 11) is 0. The second-order valence-corrected chi connectivity index (χ2v) is 9.06. The first-order chi connectivity index (χ1) is 20.6. The van der Waals surface area contributed by atoms with Crippen molar-refractivity contribution >= 4 is 29.4 Å². The fourth-order valence-electron chi connectivity index (χ4n) is 3.55. The van der Waals surface area contributed by atoms with Crippen molar-refractivity contribution in [3.63, 3.8) is 0 Å². The van der Waals surface area contributed by atoms with E-state index in [1.54, 1.807) is 29.2 Å². The van der Waals surface area contributed by atoms with Crippen molar-refractivity contribution < 1.29 is 55.7 Å². The summed E-state index contributed by atoms with van der Waals surface area (Å²) in [6, 6.07) is 17.0. The number of nitrogens with one attached hydrogen (secondary N) is 3. The van der Waals surface area contributed by atoms with E-state index in [0.29, 0.717) is 17.7 Å². The van der Waals surface area contributed by atoms with Crippen molar-refractivity contribution in [2.45, 2.75) is 37.7 Å². The van der Waals surface area contributed by atoms with Crippen LogP contribution in [0, 0.1) is 0 Å². The Hall–Kier alpha value is -4.93. The predicted molar refractivity (Wildman–Crippen MR) is 143 cm³/mol. The molecule has 4 rings (SSSR count). The molecule has 1 aromatic heterocycles. The molecule has 2 heterocycles. The normalized spacial score (nSPS) is 14.5. The molecule has 0 bridgehead atoms. The number of hydrogen-bond acceptors (Lipinski definition) is 6. The van der Waals surface area contributed by atoms with Gasteiger partial charge >= 0.3 is 24.3 Å². The van der Waals surface area contributed by atoms with E-state index in [1.165, 1.54) is 0 Å². The maximum atomic E-state index is 12.6. The minimum atomic E-state index is -5.08. The third kappa shape index (κ3) is 12.5. The zero-order valence-electron chi connectivity index (χ0n) is 22.7. The number of aromatic nitrogens is 2. The summed E-state index contributed by atoms with van der Waals surface area (Å²) in [5.41, 5.74) is 2.91. The number of halogens is 6. The maximum absolute atomic E-state index is 12.6. The van der Waals surface area contributed by atoms with Crippen LogP contribution in [0.15, 0.2) is 67.0 Å². The molecule has 2 aromatic carbocycles. The number of carbonyl (C=O) groups excluding carboxylic acids is 2. The number of rotatable bonds is 6. The molecule has 0 aliphatic carbocycles. The standard InChI is InChI=1S/C23H25N5O2.2C2HF3O2/c29-22(12-17-6-2-1-3-7-17)26-20-15-25-28(16-20)21-10-4-8-18(13-21)23(30)27-19-9-5-11-24-14-19;2*3-2(4,5)1(6)7/h1-4,6-8,10,13,15-16,19,24H,5,9,11-12,14H2,(H,26,29)(H,27,30);2*(H,6,7)/t19-;;/m1../s1. The van der Waals surface area contributed by atoms with Crippen LogP contribution < -0.4 is 16.0 Å². The van der Waals surface area contributed by atoms with Gasteiger partial charge in [-0.15, -0.1) is 0 Å². The molecular formula is C27H27F6N5O6. The van der Waals surface area contributed by atoms with Crippen LogP contribution in [0.2, 0.25) is 0 Å². The van der Waals surface area contributed by atoms with E-state index < -0.39 is 24.3 Å². The number of amides is 2. The Morgan fingerprint density at radius 3 is 2.09 bits per heavy atom. The molecule has 0 spiro atoms. The molecular weight excluding hydrogens is 604 g/mol. The average Bonchev–Trinajstić information content (AvgIpc) is 3.42. The number of aliphatic carboxylic acids is 2. The summed E-state index contributed by atoms with van der Waals surface area (Å²) in [6.07, 6.45) is -4.47. The zero-order chi connectivity index (χ0) is 32.9. The summed E-state index contributed by atoms with van der Waals surface area (Å²) in [5.74, 6) is -5.70. The lowest BCUT2D eigenvalue weighted by molar-refractivity contribution is -0.193. The maximum Gasteiger partial charge on any atom is 0.490 e. The Labute approximate surface area is 245 Å². The molecule has 44 heavy (non-hydrogen) atoms. The van der Waals surface area contributed by atoms with Gasteiger partial charge in [0.2, 0.25) is 5.91 Å². The number of nitrogens with zero attached hydrogens (tertiary/aromatic N) is 2. The van der Waals surface area contributed by atoms with Gasteiger partial charge in [-0.1, -0.05) is 36.4 Å². The van der Waals surface area contributed by atoms with Crippen LogP contribution in [0.25, 0.3) is 5.69 Å². The number of carbonyl (C=O) groups is 4. The van der Waals surface area contributed by atoms with Gasteiger partial charge in [0, 0.05) is 18.2 Å². The molecule has 1 atom stereocenters. The van der Waals surface area contributed by atoms with Crippen molar-refractivity contribution in [1.29, 1.82) is 0 Å². The smallest absolute Gasteiger partial charge is 0.475 e. The number of carboxylic acid groups (broad SMARTS) is 2. The number of alkyl halides is 6. The van der Waals surface area contributed by atoms with E-state index in [-0.39, 0.29) is 17.9 Å². The summed E-state index contributed by atoms with van der Waals surface area (Å²) in [5, 5.41) is 27.8. The van der Waals surface area contributed by atoms with Gasteiger partial charge in [0.25, 0.3) is 5.91 Å². The molecule has 0 saturated carbocycles. The molecule has 1 aliphatic heterocycles. The van der Waals surface area contributed by atoms with Crippen LogP contribution in [0.3, 0.4) is 0 Å². The molecule has 0 radical (unpaired) electrons. The van der Waals surface area contributed by atoms with Crippen molar-refractivity contribution in [1.82, 2.24) is 20.4 Å². The zero-order valence-corrected chi connectivity index (χ0v) is 22.7. The van der Waals surface area contributed by atoms with Crippen molar-refractivity contribution in [2.75, 3.05) is 18.4 Å². The van der Waals surface area contributed by atoms with Crippen LogP contribution in [-0.4, -0.2) is 75.2 Å². The summed E-state index contributed by atoms with van der Waals surface area (Å²) < 4.78 is 65.1. The first kappa shape index (κ1) is 35.3. The molecule has 2 amide bonds. The number of benzene rings is 2. The van der Waals surface area contributed by atoms with Gasteiger partial charge in [-0.3, -0.25) is 9.59 Å². The van der Waals surface area contributed by atoms with E-state index in [1.807, 2.05) is 42.5 Å². The second-order valence-electron chi connectivity index (χ2n) is 9.06. The van der Waals surface area contributed by atoms with Gasteiger partial charge in [0.1, 0.15) is 0 Å². The number of anilines is 1. The predicted octanol–water partition coefficient (Wildman–Crippen LogP) is 3.80. The third-order valence-electron chi connectivity index (χ3n) is 5.56. The summed E-state index contributed by atoms with van der Waals surface area (Å²) in [4.78, 5) is 42.6. The van der Waals surface area contributed by atoms with E-state index in [2.05, 4.69) is 21.0 Å². The number of piperidine rings is 1. The molecule has 0 unspecified atom stereocenters. The molecule has 3 aromatic rings. The summed E-state index contributed by atoms with van der Waals surface area (Å²) >= 11 is 0. The first-order valence-electron chi connectivity index (χ1n) is 12.7. The molecule has 1 saturated heterocycles. The molecule has 238 valence electrons. The SMILES string of the molecule is O=C(Cc1ccccc1)Nc1cnn(-c2cccc(C(=O)N[C@@H]3CCCNC3)c2)c1.O=C(O)C(F)(F)F.O=C(O)C(F)(F)F. The van der Waals surface area contributed by atoms with E-state index in [0.717, 1.165) is 37.2 Å². The van der Waals surface area contributed by atoms with Crippen LogP contribution in [0.4, 0.5) is 32.0 Å². The quantitative estimate of drug-likeness (QED) is 0.257. The van der Waals surface area contributed by atoms with Crippen LogP contribution in [-0.2, 0) is 20.8 Å². The van der Waals surface area contributed by atoms with Gasteiger partial charge in [0.15, 0.2) is 0 Å². The number of hydrogen-bond donors (Lipinski definition) is 5. The number of carboxylic acids is 2. The van der Waals surface area contributed by atoms with Gasteiger partial charge in [-0.05, 0) is 43.1 Å². The Morgan fingerprint density at radius 2 is 1.55 bits per heavy atom. The highest BCUT2D eigenvalue weighted by Crippen LogP contribution is 2.16. The highest BCUT2D eigenvalue weighted by Gasteiger charge is 2.38. The lowest BCUT2D eigenvalue weighted by atomic mass is 10.1. The largest absolute Gasteiger partial charge is 0.490 e. The van der Waals surface area contributed by atoms with Gasteiger partial charge in [0.05, 0.1) is 30.2 Å². The second kappa shape index (κ2) is 16.1. The monoisotopic (exact) mass is 631 g/mol. The topological polar surface area (TPSA) is 163 Å². The van der Waals surface area contributed by atoms with E-state index >= 15 is 0 Å². The van der Waals surface area contributed by atoms with Gasteiger partial charge in [-0.2, -0.15) is 31.4 Å². The molecule has 5 N–H and O–H groups in total. The average molecular weight is 632 g/mol. The van der Waals surface area contributed by atoms with Gasteiger partial charge in [-0.25, -0.2) is 14.3 Å². The third-order valence-corrected chi connectivity index (χ3v) is 5.56. The van der Waals surface area contributed by atoms with Crippen LogP contribution in [0.1, 0.15) is 28.8 Å². The molecule has 1 aliphatic rings. The van der Waals surface area contributed by atoms with E-state index in [4.69, 9.17) is 19.8 Å². The Balaban J connectivity index is 0.000000402. The van der Waals surface area contributed by atoms with E-state index in [9.17, 15) is 35.9 Å². The van der Waals surface area contributed by atoms with Crippen molar-refractivity contribution in [3.05, 3.63) is 78.1 Å². The lowest BCUT2D eigenvalue weighted by Crippen LogP contribution is -2.45. The van der Waals surface area contributed by atoms with Crippen molar-refractivity contribution in [2.24, 2.45) is 0 Å². The first-order valence-corrected chi connectivity index (χ1v) is 12.7. The minimum absolute atomic E-state index is 0.0888. The highest BCUT2D eigenvalue weighted by molar-refractivity contribution is 5.95. The fourth-order valence-corrected chi connectivity index (χ4v) is 3.55. The molecule has 1 fully saturated rings. The summed E-state index contributed by atoms with van der Waals surface area (Å²) in [6.45, 7) is 1.81. The Bertz CT molecular complexity index is 1380. The van der Waals surface area contributed by atoms with Crippen LogP contribution in [0.5, 0.6) is 0 Å². The molecule has 17 heteroatoms. The van der Waals surface area contributed by atoms with Crippen LogP contribution >= 0.6 is 0 Å². The molecule has 11 nitrogen and oxygen atoms in total. The van der Waals surface area contributed by atoms with Crippen molar-refractivity contribution in [3.8, 4) is 5.69 Å². The van der Waals surface area contributed by atoms with Gasteiger partial charge < -0.3 is 26.2 Å². The highest BCUT2D eigenvalue weighted by atomic mass is 19.4. The Kier molecular flexibility index (Phi) is 12.9. The Morgan fingerprint density at radius 1 is 0.932 bits per heavy atom. The minimum Gasteiger partial charge on any atom is -0.475 e. The lowest BCUT2D eigenvalue weighted by Gasteiger charge is -2.23.